The van der Waals surface area contributed by atoms with Crippen LogP contribution in [0.3, 0.4) is 0 Å². The molecule has 1 aromatic heterocycles. The highest BCUT2D eigenvalue weighted by Gasteiger charge is 2.46. The van der Waals surface area contributed by atoms with Crippen LogP contribution in [0.15, 0.2) is 42.7 Å². The van der Waals surface area contributed by atoms with Crippen LogP contribution in [0.2, 0.25) is 0 Å². The van der Waals surface area contributed by atoms with Crippen LogP contribution in [0.1, 0.15) is 64.2 Å². The molecule has 2 aliphatic rings. The van der Waals surface area contributed by atoms with Crippen LogP contribution in [0.4, 0.5) is 23.2 Å². The smallest absolute Gasteiger partial charge is 0.366 e. The molecule has 5 rings (SSSR count). The predicted molar refractivity (Wildman–Crippen MR) is 135 cm³/mol. The van der Waals surface area contributed by atoms with Crippen LogP contribution in [-0.2, 0) is 13.6 Å². The number of halogens is 4. The van der Waals surface area contributed by atoms with Crippen molar-refractivity contribution in [3.63, 3.8) is 0 Å². The van der Waals surface area contributed by atoms with Crippen molar-refractivity contribution in [3.8, 4) is 0 Å². The lowest BCUT2D eigenvalue weighted by molar-refractivity contribution is -0.145. The molecule has 0 unspecified atom stereocenters. The molecule has 1 aliphatic heterocycles. The monoisotopic (exact) mass is 529 g/mol. The Balaban J connectivity index is 1.73. The maximum atomic E-state index is 14.2. The fourth-order valence-electron chi connectivity index (χ4n) is 5.78. The van der Waals surface area contributed by atoms with E-state index in [1.165, 1.54) is 17.0 Å². The number of primary amides is 1. The van der Waals surface area contributed by atoms with Gasteiger partial charge < -0.3 is 19.8 Å². The van der Waals surface area contributed by atoms with Crippen LogP contribution in [-0.4, -0.2) is 33.8 Å². The zero-order valence-electron chi connectivity index (χ0n) is 21.4. The number of nitrogens with one attached hydrogen (secondary N) is 1. The average molecular weight is 530 g/mol. The van der Waals surface area contributed by atoms with E-state index < -0.39 is 18.1 Å². The number of carbonyl (C=O) groups is 1. The predicted octanol–water partition coefficient (Wildman–Crippen LogP) is 4.97. The number of imidazole rings is 1. The number of carbonyl (C=O) groups excluding carboxylic acids is 1. The van der Waals surface area contributed by atoms with Crippen LogP contribution in [0.5, 0.6) is 0 Å². The molecule has 202 valence electrons. The maximum absolute atomic E-state index is 14.2. The summed E-state index contributed by atoms with van der Waals surface area (Å²) in [6, 6.07) is 6.46. The molecule has 2 aromatic carbocycles. The number of nitrogens with two attached hydrogens (primary N) is 1. The van der Waals surface area contributed by atoms with Gasteiger partial charge in [-0.25, -0.2) is 4.39 Å². The molecule has 1 aliphatic carbocycles. The van der Waals surface area contributed by atoms with Gasteiger partial charge in [0.1, 0.15) is 11.9 Å². The summed E-state index contributed by atoms with van der Waals surface area (Å²) in [6.07, 6.45) is 1.23. The number of amides is 1. The Morgan fingerprint density at radius 1 is 1.16 bits per heavy atom. The molecule has 1 amide bonds. The lowest BCUT2D eigenvalue weighted by Gasteiger charge is -2.31. The Kier molecular flexibility index (Phi) is 6.61. The first-order valence-corrected chi connectivity index (χ1v) is 12.8. The van der Waals surface area contributed by atoms with Gasteiger partial charge >= 0.3 is 6.18 Å². The Labute approximate surface area is 218 Å². The maximum Gasteiger partial charge on any atom is 0.408 e. The summed E-state index contributed by atoms with van der Waals surface area (Å²) in [5.74, 6) is -1.15. The SMILES string of the molecule is Cc1cc([C@@H](c2c(Cn3ccn(C)c3=N)cc(N3CCC[C@H]3C(F)(F)F)cc2C(N)=O)C2CC2)ccc1F. The Morgan fingerprint density at radius 3 is 2.47 bits per heavy atom. The summed E-state index contributed by atoms with van der Waals surface area (Å²) in [4.78, 5) is 14.2. The third kappa shape index (κ3) is 4.83. The number of anilines is 1. The Bertz CT molecular complexity index is 1440. The lowest BCUT2D eigenvalue weighted by atomic mass is 9.80. The highest BCUT2D eigenvalue weighted by Crippen LogP contribution is 2.49. The molecule has 1 saturated carbocycles. The van der Waals surface area contributed by atoms with Crippen molar-refractivity contribution in [1.29, 1.82) is 5.41 Å². The summed E-state index contributed by atoms with van der Waals surface area (Å²) in [6.45, 7) is 2.07. The lowest BCUT2D eigenvalue weighted by Crippen LogP contribution is -2.41. The fraction of sp³-hybridized carbons (Fsp3) is 0.429. The van der Waals surface area contributed by atoms with Gasteiger partial charge in [0.2, 0.25) is 11.5 Å². The molecule has 2 heterocycles. The topological polar surface area (TPSA) is 80.0 Å². The molecule has 2 fully saturated rings. The van der Waals surface area contributed by atoms with Crippen molar-refractivity contribution in [2.45, 2.75) is 57.3 Å². The highest BCUT2D eigenvalue weighted by atomic mass is 19.4. The summed E-state index contributed by atoms with van der Waals surface area (Å²) >= 11 is 0. The second-order valence-electron chi connectivity index (χ2n) is 10.5. The van der Waals surface area contributed by atoms with Crippen LogP contribution in [0, 0.1) is 24.1 Å². The highest BCUT2D eigenvalue weighted by molar-refractivity contribution is 5.96. The second kappa shape index (κ2) is 9.63. The molecule has 1 saturated heterocycles. The zero-order chi connectivity index (χ0) is 27.4. The van der Waals surface area contributed by atoms with Gasteiger partial charge in [-0.2, -0.15) is 13.2 Å². The molecule has 0 spiro atoms. The molecule has 3 N–H and O–H groups in total. The normalized spacial score (nSPS) is 18.7. The number of alkyl halides is 3. The van der Waals surface area contributed by atoms with Crippen molar-refractivity contribution in [3.05, 3.63) is 82.0 Å². The summed E-state index contributed by atoms with van der Waals surface area (Å²) in [7, 11) is 1.73. The fourth-order valence-corrected chi connectivity index (χ4v) is 5.78. The van der Waals surface area contributed by atoms with E-state index in [1.807, 2.05) is 0 Å². The summed E-state index contributed by atoms with van der Waals surface area (Å²) < 4.78 is 59.1. The van der Waals surface area contributed by atoms with E-state index in [4.69, 9.17) is 11.1 Å². The molecule has 0 bridgehead atoms. The van der Waals surface area contributed by atoms with Gasteiger partial charge in [0.15, 0.2) is 0 Å². The zero-order valence-corrected chi connectivity index (χ0v) is 21.4. The number of aromatic nitrogens is 2. The molecule has 0 radical (unpaired) electrons. The minimum Gasteiger partial charge on any atom is -0.366 e. The van der Waals surface area contributed by atoms with E-state index in [2.05, 4.69) is 0 Å². The standard InChI is InChI=1S/C28H31F4N5O/c1-16-12-18(7-8-22(16)29)24(17-5-6-17)25-19(15-36-11-10-35(2)27(36)34)13-20(14-21(25)26(33)38)37-9-3-4-23(37)28(30,31)32/h7-8,10-14,17,23-24,34H,3-6,9,15H2,1-2H3,(H2,33,38)/t23-,24-/m0/s1. The summed E-state index contributed by atoms with van der Waals surface area (Å²) in [5, 5.41) is 8.42. The van der Waals surface area contributed by atoms with Crippen molar-refractivity contribution in [2.75, 3.05) is 11.4 Å². The van der Waals surface area contributed by atoms with Crippen molar-refractivity contribution >= 4 is 11.6 Å². The first kappa shape index (κ1) is 26.1. The van der Waals surface area contributed by atoms with E-state index in [0.717, 1.165) is 18.4 Å². The first-order valence-electron chi connectivity index (χ1n) is 12.8. The van der Waals surface area contributed by atoms with Gasteiger partial charge in [-0.15, -0.1) is 0 Å². The number of rotatable bonds is 7. The van der Waals surface area contributed by atoms with Crippen LogP contribution < -0.4 is 16.3 Å². The second-order valence-corrected chi connectivity index (χ2v) is 10.5. The van der Waals surface area contributed by atoms with E-state index in [1.54, 1.807) is 53.7 Å². The number of aryl methyl sites for hydroxylation is 2. The Hall–Kier alpha value is -3.56. The molecule has 6 nitrogen and oxygen atoms in total. The first-order chi connectivity index (χ1) is 18.0. The Morgan fingerprint density at radius 2 is 1.89 bits per heavy atom. The largest absolute Gasteiger partial charge is 0.408 e. The van der Waals surface area contributed by atoms with E-state index >= 15 is 0 Å². The third-order valence-electron chi connectivity index (χ3n) is 7.84. The van der Waals surface area contributed by atoms with Crippen LogP contribution >= 0.6 is 0 Å². The van der Waals surface area contributed by atoms with Crippen LogP contribution in [0.25, 0.3) is 0 Å². The molecular weight excluding hydrogens is 498 g/mol. The van der Waals surface area contributed by atoms with Crippen molar-refractivity contribution in [2.24, 2.45) is 18.7 Å². The third-order valence-corrected chi connectivity index (χ3v) is 7.84. The van der Waals surface area contributed by atoms with Gasteiger partial charge in [-0.1, -0.05) is 12.1 Å². The van der Waals surface area contributed by atoms with E-state index in [0.29, 0.717) is 28.8 Å². The van der Waals surface area contributed by atoms with Gasteiger partial charge in [0.05, 0.1) is 6.54 Å². The number of hydrogen-bond acceptors (Lipinski definition) is 3. The minimum atomic E-state index is -4.41. The molecule has 10 heteroatoms. The minimum absolute atomic E-state index is 0.0175. The van der Waals surface area contributed by atoms with Gasteiger partial charge in [0.25, 0.3) is 0 Å². The van der Waals surface area contributed by atoms with Crippen molar-refractivity contribution in [1.82, 2.24) is 9.13 Å². The number of hydrogen-bond donors (Lipinski definition) is 2. The molecule has 2 atom stereocenters. The van der Waals surface area contributed by atoms with Gasteiger partial charge in [-0.05, 0) is 79.0 Å². The molecule has 38 heavy (non-hydrogen) atoms. The van der Waals surface area contributed by atoms with Gasteiger partial charge in [0, 0.05) is 43.2 Å². The molecule has 3 aromatic rings. The van der Waals surface area contributed by atoms with E-state index in [9.17, 15) is 22.4 Å². The van der Waals surface area contributed by atoms with E-state index in [-0.39, 0.29) is 48.3 Å². The summed E-state index contributed by atoms with van der Waals surface area (Å²) in [5.41, 5.74) is 9.17. The number of benzene rings is 2. The quantitative estimate of drug-likeness (QED) is 0.424. The van der Waals surface area contributed by atoms with Gasteiger partial charge in [-0.3, -0.25) is 10.2 Å². The molecular formula is C28H31F4N5O. The van der Waals surface area contributed by atoms with Crippen molar-refractivity contribution < 1.29 is 22.4 Å². The number of nitrogens with zero attached hydrogens (tertiary/aromatic N) is 3. The average Bonchev–Trinajstić information content (AvgIpc) is 3.46.